The normalized spacial score (nSPS) is 13.8. The van der Waals surface area contributed by atoms with Gasteiger partial charge in [-0.05, 0) is 67.5 Å². The maximum atomic E-state index is 12.9. The van der Waals surface area contributed by atoms with Crippen LogP contribution in [0.25, 0.3) is 22.2 Å². The van der Waals surface area contributed by atoms with Gasteiger partial charge >= 0.3 is 5.97 Å². The van der Waals surface area contributed by atoms with Crippen molar-refractivity contribution in [2.75, 3.05) is 27.3 Å². The van der Waals surface area contributed by atoms with E-state index in [0.717, 1.165) is 45.7 Å². The van der Waals surface area contributed by atoms with Gasteiger partial charge in [0.2, 0.25) is 10.0 Å². The van der Waals surface area contributed by atoms with Crippen molar-refractivity contribution in [3.8, 4) is 17.0 Å². The van der Waals surface area contributed by atoms with Gasteiger partial charge in [-0.1, -0.05) is 62.4 Å². The minimum absolute atomic E-state index is 0.0249. The molecule has 1 aliphatic carbocycles. The van der Waals surface area contributed by atoms with Gasteiger partial charge in [0, 0.05) is 49.6 Å². The summed E-state index contributed by atoms with van der Waals surface area (Å²) in [5.74, 6) is 0.591. The van der Waals surface area contributed by atoms with Crippen LogP contribution >= 0.6 is 0 Å². The largest absolute Gasteiger partial charge is 0.485 e. The van der Waals surface area contributed by atoms with Crippen molar-refractivity contribution < 1.29 is 32.4 Å². The number of nitrogens with zero attached hydrogens (tertiary/aromatic N) is 3. The van der Waals surface area contributed by atoms with Gasteiger partial charge in [-0.2, -0.15) is 0 Å². The van der Waals surface area contributed by atoms with Crippen LogP contribution < -0.4 is 4.74 Å². The van der Waals surface area contributed by atoms with Crippen LogP contribution in [0.2, 0.25) is 0 Å². The second-order valence-corrected chi connectivity index (χ2v) is 14.9. The molecule has 50 heavy (non-hydrogen) atoms. The fourth-order valence-electron chi connectivity index (χ4n) is 6.98. The molecule has 1 fully saturated rings. The molecule has 0 aliphatic heterocycles. The Labute approximate surface area is 293 Å². The fraction of sp³-hybridized carbons (Fsp3) is 0.421. The molecule has 1 heterocycles. The number of hydrogen-bond donors (Lipinski definition) is 0. The summed E-state index contributed by atoms with van der Waals surface area (Å²) in [6, 6.07) is 18.8. The molecule has 0 bridgehead atoms. The van der Waals surface area contributed by atoms with Crippen molar-refractivity contribution in [3.63, 3.8) is 0 Å². The van der Waals surface area contributed by atoms with E-state index in [-0.39, 0.29) is 29.8 Å². The summed E-state index contributed by atoms with van der Waals surface area (Å²) >= 11 is 0. The Morgan fingerprint density at radius 2 is 1.66 bits per heavy atom. The van der Waals surface area contributed by atoms with Crippen LogP contribution in [0.15, 0.2) is 71.6 Å². The monoisotopic (exact) mass is 703 g/mol. The maximum Gasteiger partial charge on any atom is 0.337 e. The number of aryl methyl sites for hydroxylation is 1. The molecule has 0 saturated heterocycles. The molecule has 3 aromatic carbocycles. The van der Waals surface area contributed by atoms with Crippen molar-refractivity contribution in [1.29, 1.82) is 0 Å². The van der Waals surface area contributed by atoms with Crippen LogP contribution in [0.4, 0.5) is 5.69 Å². The second kappa shape index (κ2) is 16.4. The number of Topliss-reactive ketones (excluding diaryl/α,β-unsaturated/α-hetero) is 1. The van der Waals surface area contributed by atoms with Crippen molar-refractivity contribution in [2.45, 2.75) is 75.0 Å². The Bertz CT molecular complexity index is 1960. The Morgan fingerprint density at radius 3 is 2.40 bits per heavy atom. The van der Waals surface area contributed by atoms with Crippen LogP contribution in [-0.2, 0) is 26.6 Å². The molecule has 0 N–H and O–H groups in total. The molecule has 1 aliphatic rings. The van der Waals surface area contributed by atoms with E-state index in [0.29, 0.717) is 42.9 Å². The molecule has 5 rings (SSSR count). The Morgan fingerprint density at radius 1 is 0.960 bits per heavy atom. The van der Waals surface area contributed by atoms with Gasteiger partial charge < -0.3 is 14.0 Å². The molecule has 0 amide bonds. The van der Waals surface area contributed by atoms with Gasteiger partial charge in [0.25, 0.3) is 5.69 Å². The van der Waals surface area contributed by atoms with Crippen LogP contribution in [0.1, 0.15) is 86.0 Å². The van der Waals surface area contributed by atoms with Crippen LogP contribution in [0, 0.1) is 10.1 Å². The number of para-hydroxylation sites is 2. The van der Waals surface area contributed by atoms with Gasteiger partial charge in [-0.25, -0.2) is 17.5 Å². The molecule has 0 unspecified atom stereocenters. The Balaban J connectivity index is 1.20. The average molecular weight is 704 g/mol. The first-order valence-electron chi connectivity index (χ1n) is 17.2. The second-order valence-electron chi connectivity index (χ2n) is 12.9. The lowest BCUT2D eigenvalue weighted by molar-refractivity contribution is -0.387. The quantitative estimate of drug-likeness (QED) is 0.0499. The number of methoxy groups -OCH3 is 1. The average Bonchev–Trinajstić information content (AvgIpc) is 3.43. The summed E-state index contributed by atoms with van der Waals surface area (Å²) in [6.45, 7) is 0.145. The number of carbonyl (C=O) groups is 2. The SMILES string of the molecule is COC(=O)c1ccc2c(C3CCCCC3)c(-c3ccccc3OCC(=O)CCCCCCN(C)S(=O)(=O)c3ccccc3[N+](=O)[O-])n(C)c2c1. The van der Waals surface area contributed by atoms with E-state index in [4.69, 9.17) is 9.47 Å². The molecule has 4 aromatic rings. The lowest BCUT2D eigenvalue weighted by Gasteiger charge is -2.24. The number of fused-ring (bicyclic) bond motifs is 1. The van der Waals surface area contributed by atoms with E-state index < -0.39 is 20.6 Å². The van der Waals surface area contributed by atoms with E-state index in [2.05, 4.69) is 4.57 Å². The summed E-state index contributed by atoms with van der Waals surface area (Å²) in [5, 5.41) is 12.4. The van der Waals surface area contributed by atoms with Crippen LogP contribution in [-0.4, -0.2) is 61.3 Å². The summed E-state index contributed by atoms with van der Waals surface area (Å²) < 4.78 is 40.3. The highest BCUT2D eigenvalue weighted by Crippen LogP contribution is 2.46. The highest BCUT2D eigenvalue weighted by Gasteiger charge is 2.29. The number of nitro groups is 1. The van der Waals surface area contributed by atoms with Gasteiger partial charge in [-0.3, -0.25) is 14.9 Å². The molecule has 1 saturated carbocycles. The predicted octanol–water partition coefficient (Wildman–Crippen LogP) is 7.81. The number of hydrogen-bond acceptors (Lipinski definition) is 8. The van der Waals surface area contributed by atoms with E-state index >= 15 is 0 Å². The maximum absolute atomic E-state index is 12.9. The van der Waals surface area contributed by atoms with Gasteiger partial charge in [0.15, 0.2) is 10.7 Å². The molecule has 12 heteroatoms. The smallest absolute Gasteiger partial charge is 0.337 e. The number of sulfonamides is 1. The lowest BCUT2D eigenvalue weighted by atomic mass is 9.81. The van der Waals surface area contributed by atoms with E-state index in [9.17, 15) is 28.1 Å². The minimum atomic E-state index is -4.00. The standard InChI is InChI=1S/C38H45N3O8S/c1-39(50(46,47)35-21-13-11-19-32(35)41(44)45)24-14-5-4-9-17-29(42)26-49-34-20-12-10-18-31(34)37-36(27-15-7-6-8-16-27)30-23-22-28(38(43)48-3)25-33(30)40(37)2/h10-13,18-23,25,27H,4-9,14-17,24,26H2,1-3H3. The van der Waals surface area contributed by atoms with E-state index in [1.807, 2.05) is 49.5 Å². The van der Waals surface area contributed by atoms with Gasteiger partial charge in [-0.15, -0.1) is 0 Å². The molecule has 266 valence electrons. The molecule has 11 nitrogen and oxygen atoms in total. The number of rotatable bonds is 16. The highest BCUT2D eigenvalue weighted by molar-refractivity contribution is 7.89. The number of aromatic nitrogens is 1. The lowest BCUT2D eigenvalue weighted by Crippen LogP contribution is -2.28. The third-order valence-corrected chi connectivity index (χ3v) is 11.5. The first kappa shape index (κ1) is 36.7. The summed E-state index contributed by atoms with van der Waals surface area (Å²) in [5.41, 5.74) is 4.18. The van der Waals surface area contributed by atoms with E-state index in [1.54, 1.807) is 0 Å². The number of unbranched alkanes of at least 4 members (excludes halogenated alkanes) is 3. The number of esters is 1. The van der Waals surface area contributed by atoms with Gasteiger partial charge in [0.05, 0.1) is 23.3 Å². The predicted molar refractivity (Wildman–Crippen MR) is 192 cm³/mol. The fourth-order valence-corrected chi connectivity index (χ4v) is 8.35. The van der Waals surface area contributed by atoms with Crippen molar-refractivity contribution in [3.05, 3.63) is 88.0 Å². The third kappa shape index (κ3) is 8.08. The summed E-state index contributed by atoms with van der Waals surface area (Å²) in [4.78, 5) is 35.6. The molecule has 0 spiro atoms. The van der Waals surface area contributed by atoms with Crippen molar-refractivity contribution in [2.24, 2.45) is 7.05 Å². The van der Waals surface area contributed by atoms with Crippen molar-refractivity contribution in [1.82, 2.24) is 8.87 Å². The molecule has 1 aromatic heterocycles. The molecular formula is C38H45N3O8S. The number of ketones is 1. The zero-order valence-corrected chi connectivity index (χ0v) is 29.7. The van der Waals surface area contributed by atoms with Gasteiger partial charge in [0.1, 0.15) is 12.4 Å². The highest BCUT2D eigenvalue weighted by atomic mass is 32.2. The third-order valence-electron chi connectivity index (χ3n) is 9.63. The molecular weight excluding hydrogens is 658 g/mol. The number of carbonyl (C=O) groups excluding carboxylic acids is 2. The summed E-state index contributed by atoms with van der Waals surface area (Å²) in [7, 11) is 0.799. The zero-order valence-electron chi connectivity index (χ0n) is 28.9. The Hall–Kier alpha value is -4.55. The van der Waals surface area contributed by atoms with E-state index in [1.165, 1.54) is 63.2 Å². The minimum Gasteiger partial charge on any atom is -0.485 e. The Kier molecular flexibility index (Phi) is 12.1. The first-order valence-corrected chi connectivity index (χ1v) is 18.6. The zero-order chi connectivity index (χ0) is 35.8. The number of nitro benzene ring substituents is 1. The topological polar surface area (TPSA) is 138 Å². The molecule has 0 atom stereocenters. The summed E-state index contributed by atoms with van der Waals surface area (Å²) in [6.07, 6.45) is 8.72. The first-order chi connectivity index (χ1) is 24.0. The van der Waals surface area contributed by atoms with Crippen molar-refractivity contribution >= 4 is 38.4 Å². The number of benzene rings is 3. The van der Waals surface area contributed by atoms with Crippen LogP contribution in [0.5, 0.6) is 5.75 Å². The molecule has 0 radical (unpaired) electrons. The number of ether oxygens (including phenoxy) is 2. The van der Waals surface area contributed by atoms with Crippen LogP contribution in [0.3, 0.4) is 0 Å².